The van der Waals surface area contributed by atoms with Gasteiger partial charge in [0.25, 0.3) is 0 Å². The van der Waals surface area contributed by atoms with Crippen LogP contribution in [0.15, 0.2) is 47.6 Å². The zero-order valence-electron chi connectivity index (χ0n) is 14.2. The van der Waals surface area contributed by atoms with Crippen molar-refractivity contribution in [3.8, 4) is 11.5 Å². The molecule has 130 valence electrons. The van der Waals surface area contributed by atoms with Crippen LogP contribution in [0.25, 0.3) is 0 Å². The molecular formula is C21H23NO3. The lowest BCUT2D eigenvalue weighted by Crippen LogP contribution is -2.45. The summed E-state index contributed by atoms with van der Waals surface area (Å²) in [6.07, 6.45) is 5.45. The number of oxime groups is 1. The number of aryl methyl sites for hydroxylation is 1. The molecule has 0 aliphatic heterocycles. The highest BCUT2D eigenvalue weighted by molar-refractivity contribution is 5.85. The summed E-state index contributed by atoms with van der Waals surface area (Å²) < 4.78 is 0. The fourth-order valence-electron chi connectivity index (χ4n) is 4.89. The standard InChI is InChI=1S/C21H23NO3/c23-18-5-1-14(2-6-18)13-21-10-9-17(22-25)12-16(21)4-3-15-11-19(24)7-8-20(15)21/h1-2,5-8,11,16,23-25H,3-4,9-10,12-13H2. The van der Waals surface area contributed by atoms with Crippen LogP contribution in [0.2, 0.25) is 0 Å². The van der Waals surface area contributed by atoms with Gasteiger partial charge in [-0.15, -0.1) is 0 Å². The van der Waals surface area contributed by atoms with Gasteiger partial charge in [0, 0.05) is 5.41 Å². The molecule has 0 spiro atoms. The summed E-state index contributed by atoms with van der Waals surface area (Å²) in [7, 11) is 0. The van der Waals surface area contributed by atoms with E-state index in [0.717, 1.165) is 44.2 Å². The topological polar surface area (TPSA) is 73.1 Å². The zero-order valence-corrected chi connectivity index (χ0v) is 14.2. The first-order valence-corrected chi connectivity index (χ1v) is 8.91. The number of fused-ring (bicyclic) bond motifs is 3. The summed E-state index contributed by atoms with van der Waals surface area (Å²) in [5.74, 6) is 1.04. The lowest BCUT2D eigenvalue weighted by molar-refractivity contribution is 0.200. The number of hydrogen-bond acceptors (Lipinski definition) is 4. The molecule has 2 aliphatic carbocycles. The van der Waals surface area contributed by atoms with Gasteiger partial charge in [-0.05, 0) is 85.4 Å². The van der Waals surface area contributed by atoms with Crippen LogP contribution in [-0.4, -0.2) is 21.1 Å². The third kappa shape index (κ3) is 2.76. The lowest BCUT2D eigenvalue weighted by atomic mass is 9.55. The Kier molecular flexibility index (Phi) is 3.91. The Morgan fingerprint density at radius 1 is 1.00 bits per heavy atom. The Morgan fingerprint density at radius 2 is 1.76 bits per heavy atom. The molecule has 0 heterocycles. The molecule has 2 atom stereocenters. The average Bonchev–Trinajstić information content (AvgIpc) is 2.63. The Morgan fingerprint density at radius 3 is 2.52 bits per heavy atom. The van der Waals surface area contributed by atoms with E-state index in [9.17, 15) is 15.4 Å². The predicted molar refractivity (Wildman–Crippen MR) is 96.5 cm³/mol. The van der Waals surface area contributed by atoms with E-state index in [2.05, 4.69) is 11.2 Å². The van der Waals surface area contributed by atoms with Gasteiger partial charge in [0.15, 0.2) is 0 Å². The van der Waals surface area contributed by atoms with Crippen LogP contribution in [0, 0.1) is 5.92 Å². The smallest absolute Gasteiger partial charge is 0.115 e. The minimum absolute atomic E-state index is 0.00749. The molecule has 2 unspecified atom stereocenters. The van der Waals surface area contributed by atoms with E-state index in [1.54, 1.807) is 18.2 Å². The van der Waals surface area contributed by atoms with E-state index in [0.29, 0.717) is 11.7 Å². The largest absolute Gasteiger partial charge is 0.508 e. The number of benzene rings is 2. The molecule has 2 aromatic rings. The van der Waals surface area contributed by atoms with Crippen molar-refractivity contribution in [3.63, 3.8) is 0 Å². The maximum Gasteiger partial charge on any atom is 0.115 e. The minimum Gasteiger partial charge on any atom is -0.508 e. The summed E-state index contributed by atoms with van der Waals surface area (Å²) in [5, 5.41) is 32.2. The molecule has 1 fully saturated rings. The number of nitrogens with zero attached hydrogens (tertiary/aromatic N) is 1. The fraction of sp³-hybridized carbons (Fsp3) is 0.381. The summed E-state index contributed by atoms with van der Waals surface area (Å²) in [6, 6.07) is 13.2. The van der Waals surface area contributed by atoms with E-state index >= 15 is 0 Å². The normalized spacial score (nSPS) is 26.9. The number of hydrogen-bond donors (Lipinski definition) is 3. The molecule has 2 aliphatic rings. The number of phenolic OH excluding ortho intramolecular Hbond substituents is 2. The van der Waals surface area contributed by atoms with Crippen molar-refractivity contribution in [1.29, 1.82) is 0 Å². The van der Waals surface area contributed by atoms with E-state index in [-0.39, 0.29) is 11.2 Å². The van der Waals surface area contributed by atoms with Crippen LogP contribution >= 0.6 is 0 Å². The van der Waals surface area contributed by atoms with Crippen molar-refractivity contribution in [2.75, 3.05) is 0 Å². The molecule has 4 heteroatoms. The van der Waals surface area contributed by atoms with Crippen molar-refractivity contribution >= 4 is 5.71 Å². The highest BCUT2D eigenvalue weighted by atomic mass is 16.4. The number of rotatable bonds is 2. The van der Waals surface area contributed by atoms with Gasteiger partial charge in [0.2, 0.25) is 0 Å². The van der Waals surface area contributed by atoms with Gasteiger partial charge in [0.1, 0.15) is 11.5 Å². The Labute approximate surface area is 147 Å². The lowest BCUT2D eigenvalue weighted by Gasteiger charge is -2.49. The van der Waals surface area contributed by atoms with Crippen molar-refractivity contribution in [1.82, 2.24) is 0 Å². The monoisotopic (exact) mass is 337 g/mol. The third-order valence-corrected chi connectivity index (χ3v) is 6.11. The van der Waals surface area contributed by atoms with Gasteiger partial charge < -0.3 is 15.4 Å². The maximum absolute atomic E-state index is 9.89. The molecule has 4 rings (SSSR count). The molecule has 3 N–H and O–H groups in total. The molecule has 0 amide bonds. The Bertz CT molecular complexity index is 812. The number of phenols is 2. The summed E-state index contributed by atoms with van der Waals surface area (Å²) in [6.45, 7) is 0. The second-order valence-electron chi connectivity index (χ2n) is 7.45. The highest BCUT2D eigenvalue weighted by Crippen LogP contribution is 2.51. The van der Waals surface area contributed by atoms with E-state index in [4.69, 9.17) is 0 Å². The minimum atomic E-state index is -0.00749. The van der Waals surface area contributed by atoms with E-state index in [1.165, 1.54) is 16.7 Å². The van der Waals surface area contributed by atoms with Crippen molar-refractivity contribution in [2.24, 2.45) is 11.1 Å². The Balaban J connectivity index is 1.79. The van der Waals surface area contributed by atoms with Gasteiger partial charge in [-0.2, -0.15) is 0 Å². The number of aromatic hydroxyl groups is 2. The van der Waals surface area contributed by atoms with Crippen molar-refractivity contribution in [2.45, 2.75) is 43.9 Å². The molecule has 4 nitrogen and oxygen atoms in total. The van der Waals surface area contributed by atoms with E-state index in [1.807, 2.05) is 18.2 Å². The van der Waals surface area contributed by atoms with Crippen molar-refractivity contribution in [3.05, 3.63) is 59.2 Å². The van der Waals surface area contributed by atoms with Crippen LogP contribution in [0.3, 0.4) is 0 Å². The van der Waals surface area contributed by atoms with Gasteiger partial charge >= 0.3 is 0 Å². The van der Waals surface area contributed by atoms with Gasteiger partial charge in [-0.3, -0.25) is 0 Å². The molecule has 1 saturated carbocycles. The van der Waals surface area contributed by atoms with Crippen LogP contribution in [0.4, 0.5) is 0 Å². The molecule has 0 radical (unpaired) electrons. The highest BCUT2D eigenvalue weighted by Gasteiger charge is 2.47. The zero-order chi connectivity index (χ0) is 17.4. The first-order valence-electron chi connectivity index (χ1n) is 8.91. The van der Waals surface area contributed by atoms with Crippen LogP contribution in [-0.2, 0) is 18.3 Å². The first kappa shape index (κ1) is 16.0. The molecule has 0 saturated heterocycles. The first-order chi connectivity index (χ1) is 12.1. The summed E-state index contributed by atoms with van der Waals surface area (Å²) >= 11 is 0. The molecule has 0 bridgehead atoms. The average molecular weight is 337 g/mol. The molecule has 25 heavy (non-hydrogen) atoms. The second-order valence-corrected chi connectivity index (χ2v) is 7.45. The Hall–Kier alpha value is -2.49. The van der Waals surface area contributed by atoms with Crippen LogP contribution in [0.5, 0.6) is 11.5 Å². The summed E-state index contributed by atoms with van der Waals surface area (Å²) in [5.41, 5.74) is 4.65. The maximum atomic E-state index is 9.89. The third-order valence-electron chi connectivity index (χ3n) is 6.11. The van der Waals surface area contributed by atoms with Crippen LogP contribution < -0.4 is 0 Å². The van der Waals surface area contributed by atoms with Crippen LogP contribution in [0.1, 0.15) is 42.4 Å². The molecular weight excluding hydrogens is 314 g/mol. The van der Waals surface area contributed by atoms with E-state index < -0.39 is 0 Å². The molecule has 2 aromatic carbocycles. The SMILES string of the molecule is ON=C1CCC2(Cc3ccc(O)cc3)c3ccc(O)cc3CCC2C1. The fourth-order valence-corrected chi connectivity index (χ4v) is 4.89. The molecule has 0 aromatic heterocycles. The van der Waals surface area contributed by atoms with Gasteiger partial charge in [-0.25, -0.2) is 0 Å². The quantitative estimate of drug-likeness (QED) is 0.569. The van der Waals surface area contributed by atoms with Crippen molar-refractivity contribution < 1.29 is 15.4 Å². The summed E-state index contributed by atoms with van der Waals surface area (Å²) in [4.78, 5) is 0. The van der Waals surface area contributed by atoms with Gasteiger partial charge in [0.05, 0.1) is 5.71 Å². The van der Waals surface area contributed by atoms with Gasteiger partial charge in [-0.1, -0.05) is 23.4 Å². The predicted octanol–water partition coefficient (Wildman–Crippen LogP) is 4.15. The second kappa shape index (κ2) is 6.10.